The van der Waals surface area contributed by atoms with Crippen LogP contribution in [0.15, 0.2) is 53.3 Å². The minimum absolute atomic E-state index is 0.455. The summed E-state index contributed by atoms with van der Waals surface area (Å²) in [6.07, 6.45) is 4.94. The first-order valence-corrected chi connectivity index (χ1v) is 9.87. The third-order valence-electron chi connectivity index (χ3n) is 5.10. The second-order valence-electron chi connectivity index (χ2n) is 7.32. The van der Waals surface area contributed by atoms with E-state index in [0.29, 0.717) is 6.61 Å². The van der Waals surface area contributed by atoms with E-state index in [2.05, 4.69) is 40.6 Å². The van der Waals surface area contributed by atoms with Gasteiger partial charge < -0.3 is 19.0 Å². The number of hydrogen-bond donors (Lipinski definition) is 1. The molecule has 0 spiro atoms. The summed E-state index contributed by atoms with van der Waals surface area (Å²) in [7, 11) is 0. The van der Waals surface area contributed by atoms with Gasteiger partial charge in [-0.25, -0.2) is 4.98 Å². The van der Waals surface area contributed by atoms with Crippen molar-refractivity contribution in [2.75, 3.05) is 6.54 Å². The number of aromatic nitrogens is 3. The highest BCUT2D eigenvalue weighted by atomic mass is 16.5. The van der Waals surface area contributed by atoms with Gasteiger partial charge >= 0.3 is 0 Å². The zero-order valence-electron chi connectivity index (χ0n) is 17.1. The van der Waals surface area contributed by atoms with E-state index in [0.717, 1.165) is 53.6 Å². The standard InChI is InChI=1S/C23H26N4O2/c1-16-5-4-12-27-14-20(25-23(16)27)15-28-21-8-6-19(7-9-21)13-24-11-10-22-17(2)26-29-18(22)3/h4-9,12,14,24H,10-11,13,15H2,1-3H3. The summed E-state index contributed by atoms with van der Waals surface area (Å²) in [6, 6.07) is 12.3. The van der Waals surface area contributed by atoms with Crippen LogP contribution in [-0.2, 0) is 19.6 Å². The van der Waals surface area contributed by atoms with Crippen LogP contribution in [-0.4, -0.2) is 21.1 Å². The van der Waals surface area contributed by atoms with Gasteiger partial charge in [0.15, 0.2) is 0 Å². The number of hydrogen-bond acceptors (Lipinski definition) is 5. The van der Waals surface area contributed by atoms with Crippen molar-refractivity contribution < 1.29 is 9.26 Å². The third kappa shape index (κ3) is 4.49. The van der Waals surface area contributed by atoms with Gasteiger partial charge in [0.1, 0.15) is 23.8 Å². The van der Waals surface area contributed by atoms with E-state index in [-0.39, 0.29) is 0 Å². The number of nitrogens with one attached hydrogen (secondary N) is 1. The second kappa shape index (κ2) is 8.49. The molecule has 0 bridgehead atoms. The average Bonchev–Trinajstić information content (AvgIpc) is 3.29. The van der Waals surface area contributed by atoms with E-state index in [9.17, 15) is 0 Å². The lowest BCUT2D eigenvalue weighted by Gasteiger charge is -2.07. The van der Waals surface area contributed by atoms with Crippen LogP contribution in [0.5, 0.6) is 5.75 Å². The van der Waals surface area contributed by atoms with Crippen LogP contribution in [0.4, 0.5) is 0 Å². The molecule has 0 unspecified atom stereocenters. The van der Waals surface area contributed by atoms with E-state index >= 15 is 0 Å². The zero-order chi connectivity index (χ0) is 20.2. The largest absolute Gasteiger partial charge is 0.487 e. The van der Waals surface area contributed by atoms with Gasteiger partial charge in [-0.3, -0.25) is 0 Å². The fourth-order valence-electron chi connectivity index (χ4n) is 3.44. The molecule has 0 saturated heterocycles. The van der Waals surface area contributed by atoms with Gasteiger partial charge in [0.25, 0.3) is 0 Å². The normalized spacial score (nSPS) is 11.3. The third-order valence-corrected chi connectivity index (χ3v) is 5.10. The topological polar surface area (TPSA) is 64.6 Å². The first kappa shape index (κ1) is 19.2. The Morgan fingerprint density at radius 3 is 2.66 bits per heavy atom. The Balaban J connectivity index is 1.26. The van der Waals surface area contributed by atoms with Gasteiger partial charge in [0.2, 0.25) is 0 Å². The summed E-state index contributed by atoms with van der Waals surface area (Å²) in [5.74, 6) is 1.75. The molecule has 4 rings (SSSR count). The minimum atomic E-state index is 0.455. The maximum atomic E-state index is 5.90. The number of ether oxygens (including phenoxy) is 1. The highest BCUT2D eigenvalue weighted by Crippen LogP contribution is 2.16. The number of benzene rings is 1. The van der Waals surface area contributed by atoms with Gasteiger partial charge in [-0.1, -0.05) is 23.4 Å². The van der Waals surface area contributed by atoms with Crippen LogP contribution in [0.1, 0.15) is 33.8 Å². The Bertz CT molecular complexity index is 1080. The number of pyridine rings is 1. The summed E-state index contributed by atoms with van der Waals surface area (Å²) in [5.41, 5.74) is 6.45. The summed E-state index contributed by atoms with van der Waals surface area (Å²) in [5, 5.41) is 7.47. The molecule has 3 heterocycles. The Hall–Kier alpha value is -3.12. The molecule has 0 aliphatic carbocycles. The molecule has 3 aromatic heterocycles. The minimum Gasteiger partial charge on any atom is -0.487 e. The molecular formula is C23H26N4O2. The van der Waals surface area contributed by atoms with E-state index in [4.69, 9.17) is 9.26 Å². The summed E-state index contributed by atoms with van der Waals surface area (Å²) < 4.78 is 13.1. The number of imidazole rings is 1. The van der Waals surface area contributed by atoms with Crippen molar-refractivity contribution in [3.05, 3.63) is 82.6 Å². The van der Waals surface area contributed by atoms with Crippen LogP contribution in [0.3, 0.4) is 0 Å². The molecule has 0 atom stereocenters. The Morgan fingerprint density at radius 1 is 1.10 bits per heavy atom. The van der Waals surface area contributed by atoms with Crippen LogP contribution in [0, 0.1) is 20.8 Å². The maximum Gasteiger partial charge on any atom is 0.140 e. The Morgan fingerprint density at radius 2 is 1.93 bits per heavy atom. The van der Waals surface area contributed by atoms with Crippen LogP contribution in [0.25, 0.3) is 5.65 Å². The molecule has 6 nitrogen and oxygen atoms in total. The highest BCUT2D eigenvalue weighted by molar-refractivity contribution is 5.47. The zero-order valence-corrected chi connectivity index (χ0v) is 17.1. The second-order valence-corrected chi connectivity index (χ2v) is 7.32. The maximum absolute atomic E-state index is 5.90. The fourth-order valence-corrected chi connectivity index (χ4v) is 3.44. The molecule has 0 amide bonds. The van der Waals surface area contributed by atoms with E-state index < -0.39 is 0 Å². The smallest absolute Gasteiger partial charge is 0.140 e. The molecular weight excluding hydrogens is 364 g/mol. The number of aryl methyl sites for hydroxylation is 3. The number of nitrogens with zero attached hydrogens (tertiary/aromatic N) is 3. The summed E-state index contributed by atoms with van der Waals surface area (Å²) in [6.45, 7) is 8.16. The van der Waals surface area contributed by atoms with Crippen molar-refractivity contribution in [2.45, 2.75) is 40.3 Å². The first-order chi connectivity index (χ1) is 14.1. The molecule has 6 heteroatoms. The number of fused-ring (bicyclic) bond motifs is 1. The Labute approximate surface area is 170 Å². The molecule has 0 fully saturated rings. The van der Waals surface area contributed by atoms with Crippen LogP contribution < -0.4 is 10.1 Å². The van der Waals surface area contributed by atoms with Crippen molar-refractivity contribution in [3.63, 3.8) is 0 Å². The van der Waals surface area contributed by atoms with Gasteiger partial charge in [-0.05, 0) is 63.1 Å². The SMILES string of the molecule is Cc1noc(C)c1CCNCc1ccc(OCc2cn3cccc(C)c3n2)cc1. The lowest BCUT2D eigenvalue weighted by Crippen LogP contribution is -2.17. The number of rotatable bonds is 8. The quantitative estimate of drug-likeness (QED) is 0.458. The molecule has 0 aliphatic heterocycles. The molecule has 1 N–H and O–H groups in total. The van der Waals surface area contributed by atoms with Crippen molar-refractivity contribution in [1.29, 1.82) is 0 Å². The molecule has 0 saturated carbocycles. The van der Waals surface area contributed by atoms with Gasteiger partial charge in [-0.15, -0.1) is 0 Å². The van der Waals surface area contributed by atoms with Crippen molar-refractivity contribution in [1.82, 2.24) is 19.9 Å². The van der Waals surface area contributed by atoms with Gasteiger partial charge in [0, 0.05) is 24.5 Å². The average molecular weight is 390 g/mol. The predicted molar refractivity (Wildman–Crippen MR) is 112 cm³/mol. The van der Waals surface area contributed by atoms with E-state index in [1.807, 2.05) is 48.8 Å². The van der Waals surface area contributed by atoms with Crippen LogP contribution in [0.2, 0.25) is 0 Å². The monoisotopic (exact) mass is 390 g/mol. The van der Waals surface area contributed by atoms with Crippen LogP contribution >= 0.6 is 0 Å². The Kier molecular flexibility index (Phi) is 5.62. The summed E-state index contributed by atoms with van der Waals surface area (Å²) >= 11 is 0. The molecule has 0 aliphatic rings. The summed E-state index contributed by atoms with van der Waals surface area (Å²) in [4.78, 5) is 4.64. The fraction of sp³-hybridized carbons (Fsp3) is 0.304. The highest BCUT2D eigenvalue weighted by Gasteiger charge is 2.08. The first-order valence-electron chi connectivity index (χ1n) is 9.87. The van der Waals surface area contributed by atoms with Gasteiger partial charge in [0.05, 0.1) is 11.4 Å². The van der Waals surface area contributed by atoms with E-state index in [1.54, 1.807) is 0 Å². The van der Waals surface area contributed by atoms with Crippen molar-refractivity contribution in [3.8, 4) is 5.75 Å². The molecule has 29 heavy (non-hydrogen) atoms. The lowest BCUT2D eigenvalue weighted by atomic mass is 10.1. The lowest BCUT2D eigenvalue weighted by molar-refractivity contribution is 0.302. The van der Waals surface area contributed by atoms with Crippen molar-refractivity contribution in [2.24, 2.45) is 0 Å². The molecule has 0 radical (unpaired) electrons. The van der Waals surface area contributed by atoms with Gasteiger partial charge in [-0.2, -0.15) is 0 Å². The predicted octanol–water partition coefficient (Wildman–Crippen LogP) is 4.16. The molecule has 150 valence electrons. The van der Waals surface area contributed by atoms with E-state index in [1.165, 1.54) is 11.1 Å². The van der Waals surface area contributed by atoms with Crippen molar-refractivity contribution >= 4 is 5.65 Å². The molecule has 1 aromatic carbocycles. The molecule has 4 aromatic rings.